The number of hydrogen-bond acceptors (Lipinski definition) is 2. The molecule has 0 radical (unpaired) electrons. The van der Waals surface area contributed by atoms with E-state index in [2.05, 4.69) is 193 Å². The van der Waals surface area contributed by atoms with Crippen LogP contribution in [-0.2, 0) is 12.8 Å². The number of thiophene rings is 1. The monoisotopic (exact) mass is 797 g/mol. The van der Waals surface area contributed by atoms with Gasteiger partial charge in [0.05, 0.1) is 11.0 Å². The van der Waals surface area contributed by atoms with Gasteiger partial charge in [0.15, 0.2) is 0 Å². The summed E-state index contributed by atoms with van der Waals surface area (Å²) in [4.78, 5) is 0. The van der Waals surface area contributed by atoms with Crippen molar-refractivity contribution in [3.8, 4) is 39.1 Å². The number of aryl methyl sites for hydroxylation is 1. The fourth-order valence-electron chi connectivity index (χ4n) is 10.5. The van der Waals surface area contributed by atoms with Gasteiger partial charge in [0, 0.05) is 53.0 Å². The molecule has 13 rings (SSSR count). The third kappa shape index (κ3) is 5.47. The summed E-state index contributed by atoms with van der Waals surface area (Å²) in [5.41, 5.74) is 17.5. The molecule has 3 heterocycles. The van der Waals surface area contributed by atoms with Crippen LogP contribution in [0.15, 0.2) is 199 Å². The molecule has 3 heteroatoms. The number of aromatic nitrogens is 1. The Balaban J connectivity index is 0.968. The van der Waals surface area contributed by atoms with E-state index in [-0.39, 0.29) is 0 Å². The quantitative estimate of drug-likeness (QED) is 0.173. The fraction of sp³-hybridized carbons (Fsp3) is 0.0690. The largest absolute Gasteiger partial charge is 0.456 e. The molecule has 3 aromatic heterocycles. The normalized spacial score (nSPS) is 14.2. The standard InChI is InChI=1S/C58H39NOS/c1-2-14-42(15-3-1)59-53-22-9-6-17-46(53)49-21-12-20-45(57(49)59)39-27-29-44-38(32-39)26-25-36(31-37-13-4-5-16-43(37)44)41-34-50(58-52(35-41)48-19-8-11-24-56(48)61-58)40-28-30-55-51(33-40)47-18-7-10-23-54(47)60-55/h1-24,27-30,32-36H,25-26,31H2/t36-/m0/s1. The average molecular weight is 798 g/mol. The lowest BCUT2D eigenvalue weighted by molar-refractivity contribution is 0.619. The highest BCUT2D eigenvalue weighted by molar-refractivity contribution is 7.26. The van der Waals surface area contributed by atoms with E-state index in [0.29, 0.717) is 5.92 Å². The van der Waals surface area contributed by atoms with Gasteiger partial charge in [-0.25, -0.2) is 0 Å². The van der Waals surface area contributed by atoms with E-state index in [0.717, 1.165) is 35.8 Å². The first-order chi connectivity index (χ1) is 30.2. The Morgan fingerprint density at radius 2 is 1.16 bits per heavy atom. The van der Waals surface area contributed by atoms with Crippen LogP contribution in [0.5, 0.6) is 0 Å². The second-order valence-electron chi connectivity index (χ2n) is 16.7. The third-order valence-corrected chi connectivity index (χ3v) is 14.5. The van der Waals surface area contributed by atoms with Crippen molar-refractivity contribution in [3.05, 3.63) is 211 Å². The van der Waals surface area contributed by atoms with Crippen molar-refractivity contribution >= 4 is 75.3 Å². The Labute approximate surface area is 357 Å². The van der Waals surface area contributed by atoms with Crippen LogP contribution in [0, 0.1) is 0 Å². The van der Waals surface area contributed by atoms with Crippen molar-refractivity contribution in [2.75, 3.05) is 0 Å². The van der Waals surface area contributed by atoms with Gasteiger partial charge in [-0.3, -0.25) is 0 Å². The molecule has 0 aliphatic heterocycles. The van der Waals surface area contributed by atoms with Crippen molar-refractivity contribution in [3.63, 3.8) is 0 Å². The topological polar surface area (TPSA) is 18.1 Å². The maximum absolute atomic E-state index is 6.28. The highest BCUT2D eigenvalue weighted by Gasteiger charge is 2.24. The molecular formula is C58H39NOS. The molecule has 0 fully saturated rings. The Bertz CT molecular complexity index is 3700. The second kappa shape index (κ2) is 13.7. The number of furan rings is 1. The van der Waals surface area contributed by atoms with Crippen molar-refractivity contribution in [1.29, 1.82) is 0 Å². The number of nitrogens with zero attached hydrogens (tertiary/aromatic N) is 1. The van der Waals surface area contributed by atoms with E-state index in [1.807, 2.05) is 17.4 Å². The van der Waals surface area contributed by atoms with E-state index in [4.69, 9.17) is 4.42 Å². The molecule has 0 unspecified atom stereocenters. The molecular weight excluding hydrogens is 759 g/mol. The summed E-state index contributed by atoms with van der Waals surface area (Å²) in [6.07, 6.45) is 3.04. The SMILES string of the molecule is c1ccc(-n2c3ccccc3c3cccc(-c4ccc5c(c4)CC[C@H](c4cc(-c6ccc7oc8ccccc8c7c6)c6sc7ccccc7c6c4)Cc4ccccc4-5)c32)cc1. The molecule has 12 aromatic rings. The van der Waals surface area contributed by atoms with Crippen LogP contribution in [0.3, 0.4) is 0 Å². The van der Waals surface area contributed by atoms with E-state index in [9.17, 15) is 0 Å². The minimum absolute atomic E-state index is 0.335. The molecule has 2 nitrogen and oxygen atoms in total. The van der Waals surface area contributed by atoms with Crippen LogP contribution in [0.4, 0.5) is 0 Å². The Kier molecular flexibility index (Phi) is 7.76. The lowest BCUT2D eigenvalue weighted by atomic mass is 9.79. The summed E-state index contributed by atoms with van der Waals surface area (Å²) in [6, 6.07) is 72.0. The van der Waals surface area contributed by atoms with Crippen LogP contribution in [0.2, 0.25) is 0 Å². The number of benzene rings is 9. The highest BCUT2D eigenvalue weighted by Crippen LogP contribution is 2.46. The number of hydrogen-bond donors (Lipinski definition) is 0. The first kappa shape index (κ1) is 34.6. The molecule has 0 spiro atoms. The van der Waals surface area contributed by atoms with Gasteiger partial charge in [0.2, 0.25) is 0 Å². The van der Waals surface area contributed by atoms with Crippen molar-refractivity contribution < 1.29 is 4.42 Å². The molecule has 0 N–H and O–H groups in total. The second-order valence-corrected chi connectivity index (χ2v) is 17.8. The minimum Gasteiger partial charge on any atom is -0.456 e. The molecule has 1 atom stereocenters. The van der Waals surface area contributed by atoms with Gasteiger partial charge in [-0.2, -0.15) is 0 Å². The van der Waals surface area contributed by atoms with Crippen LogP contribution in [0.25, 0.3) is 103 Å². The molecule has 0 saturated carbocycles. The van der Waals surface area contributed by atoms with Gasteiger partial charge in [-0.15, -0.1) is 11.3 Å². The Hall–Kier alpha value is -7.20. The summed E-state index contributed by atoms with van der Waals surface area (Å²) >= 11 is 1.91. The van der Waals surface area contributed by atoms with E-state index in [1.54, 1.807) is 0 Å². The van der Waals surface area contributed by atoms with Gasteiger partial charge < -0.3 is 8.98 Å². The molecule has 1 aliphatic rings. The van der Waals surface area contributed by atoms with Gasteiger partial charge in [0.25, 0.3) is 0 Å². The summed E-state index contributed by atoms with van der Waals surface area (Å²) in [5, 5.41) is 7.57. The van der Waals surface area contributed by atoms with Crippen molar-refractivity contribution in [2.24, 2.45) is 0 Å². The van der Waals surface area contributed by atoms with Crippen LogP contribution >= 0.6 is 11.3 Å². The number of rotatable bonds is 4. The fourth-order valence-corrected chi connectivity index (χ4v) is 11.7. The third-order valence-electron chi connectivity index (χ3n) is 13.3. The Morgan fingerprint density at radius 3 is 2.10 bits per heavy atom. The number of fused-ring (bicyclic) bond motifs is 12. The van der Waals surface area contributed by atoms with Gasteiger partial charge in [-0.1, -0.05) is 140 Å². The smallest absolute Gasteiger partial charge is 0.135 e. The zero-order valence-electron chi connectivity index (χ0n) is 33.4. The van der Waals surface area contributed by atoms with E-state index in [1.165, 1.54) is 103 Å². The maximum Gasteiger partial charge on any atom is 0.135 e. The predicted molar refractivity (Wildman–Crippen MR) is 258 cm³/mol. The molecule has 1 aliphatic carbocycles. The summed E-state index contributed by atoms with van der Waals surface area (Å²) < 4.78 is 11.4. The first-order valence-corrected chi connectivity index (χ1v) is 22.2. The van der Waals surface area contributed by atoms with Crippen LogP contribution in [0.1, 0.15) is 29.0 Å². The summed E-state index contributed by atoms with van der Waals surface area (Å²) in [7, 11) is 0. The van der Waals surface area contributed by atoms with Gasteiger partial charge in [-0.05, 0) is 124 Å². The van der Waals surface area contributed by atoms with Crippen molar-refractivity contribution in [2.45, 2.75) is 25.2 Å². The van der Waals surface area contributed by atoms with Crippen molar-refractivity contribution in [1.82, 2.24) is 4.57 Å². The minimum atomic E-state index is 0.335. The first-order valence-electron chi connectivity index (χ1n) is 21.4. The lowest BCUT2D eigenvalue weighted by Crippen LogP contribution is -2.10. The maximum atomic E-state index is 6.28. The lowest BCUT2D eigenvalue weighted by Gasteiger charge is -2.26. The predicted octanol–water partition coefficient (Wildman–Crippen LogP) is 16.3. The molecule has 288 valence electrons. The highest BCUT2D eigenvalue weighted by atomic mass is 32.1. The van der Waals surface area contributed by atoms with E-state index >= 15 is 0 Å². The van der Waals surface area contributed by atoms with Gasteiger partial charge >= 0.3 is 0 Å². The molecule has 0 amide bonds. The zero-order chi connectivity index (χ0) is 40.0. The van der Waals surface area contributed by atoms with Gasteiger partial charge in [0.1, 0.15) is 11.2 Å². The molecule has 61 heavy (non-hydrogen) atoms. The van der Waals surface area contributed by atoms with Crippen LogP contribution in [-0.4, -0.2) is 4.57 Å². The number of para-hydroxylation sites is 4. The average Bonchev–Trinajstić information content (AvgIpc) is 3.99. The zero-order valence-corrected chi connectivity index (χ0v) is 34.3. The Morgan fingerprint density at radius 1 is 0.459 bits per heavy atom. The summed E-state index contributed by atoms with van der Waals surface area (Å²) in [5.74, 6) is 0.335. The molecule has 9 aromatic carbocycles. The summed E-state index contributed by atoms with van der Waals surface area (Å²) in [6.45, 7) is 0. The van der Waals surface area contributed by atoms with Crippen LogP contribution < -0.4 is 0 Å². The molecule has 0 bridgehead atoms. The molecule has 0 saturated heterocycles. The van der Waals surface area contributed by atoms with E-state index < -0.39 is 0 Å².